The fourth-order valence-corrected chi connectivity index (χ4v) is 3.80. The molecule has 3 heteroatoms. The Labute approximate surface area is 105 Å². The van der Waals surface area contributed by atoms with Crippen molar-refractivity contribution < 1.29 is 4.74 Å². The van der Waals surface area contributed by atoms with E-state index in [1.807, 2.05) is 0 Å². The minimum Gasteiger partial charge on any atom is -0.373 e. The lowest BCUT2D eigenvalue weighted by Gasteiger charge is -2.35. The number of hydrogen-bond donors (Lipinski definition) is 1. The molecule has 3 fully saturated rings. The van der Waals surface area contributed by atoms with Crippen LogP contribution in [0.4, 0.5) is 0 Å². The molecule has 0 amide bonds. The van der Waals surface area contributed by atoms with Gasteiger partial charge in [-0.1, -0.05) is 6.92 Å². The van der Waals surface area contributed by atoms with Gasteiger partial charge in [0.15, 0.2) is 0 Å². The summed E-state index contributed by atoms with van der Waals surface area (Å²) in [5.74, 6) is 0. The molecule has 3 rings (SSSR count). The summed E-state index contributed by atoms with van der Waals surface area (Å²) in [6, 6.07) is 1.47. The molecule has 4 unspecified atom stereocenters. The lowest BCUT2D eigenvalue weighted by Crippen LogP contribution is -2.47. The van der Waals surface area contributed by atoms with E-state index in [2.05, 4.69) is 17.1 Å². The van der Waals surface area contributed by atoms with Crippen molar-refractivity contribution in [2.24, 2.45) is 0 Å². The van der Waals surface area contributed by atoms with Crippen LogP contribution in [0.15, 0.2) is 0 Å². The highest BCUT2D eigenvalue weighted by Gasteiger charge is 2.43. The van der Waals surface area contributed by atoms with Gasteiger partial charge in [0.2, 0.25) is 0 Å². The first kappa shape index (κ1) is 11.9. The molecule has 3 aliphatic rings. The highest BCUT2D eigenvalue weighted by Crippen LogP contribution is 2.37. The third kappa shape index (κ3) is 2.51. The Bertz CT molecular complexity index is 259. The van der Waals surface area contributed by atoms with Crippen molar-refractivity contribution in [1.82, 2.24) is 10.2 Å². The van der Waals surface area contributed by atoms with Gasteiger partial charge in [-0.15, -0.1) is 0 Å². The fourth-order valence-electron chi connectivity index (χ4n) is 3.80. The third-order valence-corrected chi connectivity index (χ3v) is 4.86. The number of ether oxygens (including phenoxy) is 1. The van der Waals surface area contributed by atoms with Crippen LogP contribution in [-0.4, -0.2) is 48.8 Å². The van der Waals surface area contributed by atoms with Gasteiger partial charge < -0.3 is 10.1 Å². The number of rotatable bonds is 2. The monoisotopic (exact) mass is 238 g/mol. The van der Waals surface area contributed by atoms with E-state index in [1.54, 1.807) is 0 Å². The molecule has 17 heavy (non-hydrogen) atoms. The molecule has 2 bridgehead atoms. The number of nitrogens with zero attached hydrogens (tertiary/aromatic N) is 1. The molecule has 1 N–H and O–H groups in total. The summed E-state index contributed by atoms with van der Waals surface area (Å²) in [7, 11) is 0. The van der Waals surface area contributed by atoms with Crippen LogP contribution in [0, 0.1) is 0 Å². The van der Waals surface area contributed by atoms with Crippen molar-refractivity contribution in [2.75, 3.05) is 19.6 Å². The molecular weight excluding hydrogens is 212 g/mol. The van der Waals surface area contributed by atoms with Crippen LogP contribution in [0.1, 0.15) is 45.4 Å². The van der Waals surface area contributed by atoms with Gasteiger partial charge in [-0.25, -0.2) is 0 Å². The number of nitrogens with one attached hydrogen (secondary N) is 1. The first-order valence-electron chi connectivity index (χ1n) is 7.49. The second kappa shape index (κ2) is 5.25. The molecule has 98 valence electrons. The fraction of sp³-hybridized carbons (Fsp3) is 1.00. The highest BCUT2D eigenvalue weighted by atomic mass is 16.5. The Morgan fingerprint density at radius 1 is 1.24 bits per heavy atom. The maximum Gasteiger partial charge on any atom is 0.0735 e. The first-order chi connectivity index (χ1) is 8.36. The Hall–Kier alpha value is -0.120. The lowest BCUT2D eigenvalue weighted by atomic mass is 9.93. The smallest absolute Gasteiger partial charge is 0.0735 e. The summed E-state index contributed by atoms with van der Waals surface area (Å²) in [5.41, 5.74) is 0. The topological polar surface area (TPSA) is 24.5 Å². The Morgan fingerprint density at radius 3 is 2.88 bits per heavy atom. The van der Waals surface area contributed by atoms with E-state index in [9.17, 15) is 0 Å². The van der Waals surface area contributed by atoms with E-state index in [0.29, 0.717) is 12.2 Å². The molecule has 0 spiro atoms. The van der Waals surface area contributed by atoms with E-state index in [0.717, 1.165) is 12.1 Å². The largest absolute Gasteiger partial charge is 0.373 e. The zero-order valence-corrected chi connectivity index (χ0v) is 11.0. The summed E-state index contributed by atoms with van der Waals surface area (Å²) < 4.78 is 6.01. The van der Waals surface area contributed by atoms with E-state index in [-0.39, 0.29) is 0 Å². The van der Waals surface area contributed by atoms with Gasteiger partial charge in [-0.2, -0.15) is 0 Å². The maximum atomic E-state index is 6.01. The maximum absolute atomic E-state index is 6.01. The van der Waals surface area contributed by atoms with Crippen molar-refractivity contribution in [3.05, 3.63) is 0 Å². The average molecular weight is 238 g/mol. The summed E-state index contributed by atoms with van der Waals surface area (Å²) in [6.45, 7) is 6.02. The molecule has 0 aromatic heterocycles. The predicted molar refractivity (Wildman–Crippen MR) is 69.2 cm³/mol. The normalized spacial score (nSPS) is 43.6. The molecule has 3 aliphatic heterocycles. The molecule has 0 aromatic rings. The van der Waals surface area contributed by atoms with Crippen molar-refractivity contribution in [2.45, 2.75) is 69.7 Å². The molecule has 4 atom stereocenters. The Balaban J connectivity index is 1.58. The van der Waals surface area contributed by atoms with Crippen molar-refractivity contribution in [3.63, 3.8) is 0 Å². The molecule has 3 nitrogen and oxygen atoms in total. The quantitative estimate of drug-likeness (QED) is 0.793. The summed E-state index contributed by atoms with van der Waals surface area (Å²) in [6.07, 6.45) is 8.95. The second-order valence-corrected chi connectivity index (χ2v) is 5.91. The number of fused-ring (bicyclic) bond motifs is 2. The molecule has 3 saturated heterocycles. The molecular formula is C14H26N2O. The van der Waals surface area contributed by atoms with Gasteiger partial charge >= 0.3 is 0 Å². The standard InChI is InChI=1S/C14H26N2O/c1-2-11-6-9-16(8-3-7-15-11)13-10-12-4-5-14(13)17-12/h11-15H,2-10H2,1H3. The SMILES string of the molecule is CCC1CCN(C2CC3CCC2O3)CCCN1. The Kier molecular flexibility index (Phi) is 3.69. The van der Waals surface area contributed by atoms with Gasteiger partial charge in [-0.3, -0.25) is 4.90 Å². The van der Waals surface area contributed by atoms with Crippen LogP contribution in [0.3, 0.4) is 0 Å². The van der Waals surface area contributed by atoms with Gasteiger partial charge in [0.25, 0.3) is 0 Å². The summed E-state index contributed by atoms with van der Waals surface area (Å²) in [5, 5.41) is 3.66. The van der Waals surface area contributed by atoms with Crippen LogP contribution in [0.25, 0.3) is 0 Å². The highest BCUT2D eigenvalue weighted by molar-refractivity contribution is 4.95. The molecule has 0 aliphatic carbocycles. The zero-order chi connectivity index (χ0) is 11.7. The number of hydrogen-bond acceptors (Lipinski definition) is 3. The van der Waals surface area contributed by atoms with Crippen LogP contribution >= 0.6 is 0 Å². The van der Waals surface area contributed by atoms with Crippen LogP contribution in [0.5, 0.6) is 0 Å². The predicted octanol–water partition coefficient (Wildman–Crippen LogP) is 1.77. The van der Waals surface area contributed by atoms with Crippen molar-refractivity contribution in [3.8, 4) is 0 Å². The lowest BCUT2D eigenvalue weighted by molar-refractivity contribution is 0.0656. The van der Waals surface area contributed by atoms with Gasteiger partial charge in [0, 0.05) is 18.6 Å². The van der Waals surface area contributed by atoms with E-state index >= 15 is 0 Å². The van der Waals surface area contributed by atoms with Gasteiger partial charge in [0.1, 0.15) is 0 Å². The van der Waals surface area contributed by atoms with E-state index < -0.39 is 0 Å². The Morgan fingerprint density at radius 2 is 2.18 bits per heavy atom. The summed E-state index contributed by atoms with van der Waals surface area (Å²) >= 11 is 0. The molecule has 3 heterocycles. The third-order valence-electron chi connectivity index (χ3n) is 4.86. The van der Waals surface area contributed by atoms with Gasteiger partial charge in [0.05, 0.1) is 12.2 Å². The average Bonchev–Trinajstić information content (AvgIpc) is 2.91. The van der Waals surface area contributed by atoms with Crippen molar-refractivity contribution >= 4 is 0 Å². The van der Waals surface area contributed by atoms with Gasteiger partial charge in [-0.05, 0) is 51.6 Å². The minimum absolute atomic E-state index is 0.562. The van der Waals surface area contributed by atoms with Crippen molar-refractivity contribution in [1.29, 1.82) is 0 Å². The van der Waals surface area contributed by atoms with Crippen LogP contribution in [0.2, 0.25) is 0 Å². The zero-order valence-electron chi connectivity index (χ0n) is 11.0. The minimum atomic E-state index is 0.562. The molecule has 0 radical (unpaired) electrons. The second-order valence-electron chi connectivity index (χ2n) is 5.91. The van der Waals surface area contributed by atoms with Crippen LogP contribution < -0.4 is 5.32 Å². The van der Waals surface area contributed by atoms with E-state index in [4.69, 9.17) is 4.74 Å². The summed E-state index contributed by atoms with van der Waals surface area (Å²) in [4.78, 5) is 2.73. The molecule has 0 aromatic carbocycles. The first-order valence-corrected chi connectivity index (χ1v) is 7.49. The van der Waals surface area contributed by atoms with E-state index in [1.165, 1.54) is 58.2 Å². The van der Waals surface area contributed by atoms with Crippen LogP contribution in [-0.2, 0) is 4.74 Å². The molecule has 0 saturated carbocycles.